The van der Waals surface area contributed by atoms with Crippen LogP contribution in [-0.2, 0) is 0 Å². The molecule has 0 aliphatic rings. The first-order valence-electron chi connectivity index (χ1n) is 18.1. The van der Waals surface area contributed by atoms with Gasteiger partial charge in [-0.05, 0) is 47.2 Å². The Morgan fingerprint density at radius 2 is 1.11 bits per heavy atom. The van der Waals surface area contributed by atoms with E-state index in [9.17, 15) is 0 Å². The molecule has 0 fully saturated rings. The lowest BCUT2D eigenvalue weighted by Gasteiger charge is -2.15. The molecule has 0 amide bonds. The van der Waals surface area contributed by atoms with Crippen LogP contribution in [0.2, 0.25) is 0 Å². The molecule has 0 atom stereocenters. The molecule has 12 rings (SSSR count). The zero-order chi connectivity index (χ0) is 35.3. The summed E-state index contributed by atoms with van der Waals surface area (Å²) in [6.45, 7) is 0. The van der Waals surface area contributed by atoms with Gasteiger partial charge in [0.2, 0.25) is 5.95 Å². The zero-order valence-electron chi connectivity index (χ0n) is 28.7. The smallest absolute Gasteiger partial charge is 0.235 e. The molecule has 5 aromatic heterocycles. The Bertz CT molecular complexity index is 3510. The van der Waals surface area contributed by atoms with Crippen molar-refractivity contribution in [3.8, 4) is 28.5 Å². The average molecular weight is 706 g/mol. The lowest BCUT2D eigenvalue weighted by molar-refractivity contribution is 1.01. The highest BCUT2D eigenvalue weighted by Crippen LogP contribution is 2.48. The molecule has 7 aromatic carbocycles. The second kappa shape index (κ2) is 11.2. The van der Waals surface area contributed by atoms with Crippen LogP contribution >= 0.6 is 11.3 Å². The maximum Gasteiger partial charge on any atom is 0.235 e. The van der Waals surface area contributed by atoms with Gasteiger partial charge < -0.3 is 0 Å². The molecule has 0 radical (unpaired) electrons. The highest BCUT2D eigenvalue weighted by Gasteiger charge is 2.22. The van der Waals surface area contributed by atoms with E-state index in [1.807, 2.05) is 41.9 Å². The minimum Gasteiger partial charge on any atom is -0.276 e. The number of para-hydroxylation sites is 2. The van der Waals surface area contributed by atoms with Crippen molar-refractivity contribution in [1.29, 1.82) is 0 Å². The van der Waals surface area contributed by atoms with Crippen molar-refractivity contribution < 1.29 is 0 Å². The van der Waals surface area contributed by atoms with E-state index >= 15 is 0 Å². The number of thiophene rings is 1. The average Bonchev–Trinajstić information content (AvgIpc) is 3.79. The molecular weight excluding hydrogens is 679 g/mol. The van der Waals surface area contributed by atoms with Crippen molar-refractivity contribution >= 4 is 96.7 Å². The summed E-state index contributed by atoms with van der Waals surface area (Å²) >= 11 is 1.86. The highest BCUT2D eigenvalue weighted by molar-refractivity contribution is 7.27. The van der Waals surface area contributed by atoms with Crippen LogP contribution in [0.15, 0.2) is 164 Å². The summed E-state index contributed by atoms with van der Waals surface area (Å²) in [6.07, 6.45) is 3.79. The number of aromatic nitrogens is 5. The van der Waals surface area contributed by atoms with E-state index in [0.717, 1.165) is 60.7 Å². The second-order valence-corrected chi connectivity index (χ2v) is 14.8. The highest BCUT2D eigenvalue weighted by atomic mass is 32.1. The lowest BCUT2D eigenvalue weighted by Crippen LogP contribution is -2.03. The van der Waals surface area contributed by atoms with Crippen LogP contribution in [0, 0.1) is 0 Å². The summed E-state index contributed by atoms with van der Waals surface area (Å²) in [5, 5.41) is 11.9. The van der Waals surface area contributed by atoms with Crippen LogP contribution in [0.5, 0.6) is 0 Å². The summed E-state index contributed by atoms with van der Waals surface area (Å²) in [4.78, 5) is 20.5. The Hall–Kier alpha value is -7.02. The molecule has 0 N–H and O–H groups in total. The quantitative estimate of drug-likeness (QED) is 0.172. The van der Waals surface area contributed by atoms with E-state index in [2.05, 4.69) is 143 Å². The molecule has 0 spiro atoms. The first-order chi connectivity index (χ1) is 26.8. The van der Waals surface area contributed by atoms with Crippen molar-refractivity contribution in [2.75, 3.05) is 0 Å². The molecular formula is C48H27N5S. The zero-order valence-corrected chi connectivity index (χ0v) is 29.5. The van der Waals surface area contributed by atoms with Crippen LogP contribution in [0.3, 0.4) is 0 Å². The topological polar surface area (TPSA) is 56.5 Å². The summed E-state index contributed by atoms with van der Waals surface area (Å²) < 4.78 is 4.70. The summed E-state index contributed by atoms with van der Waals surface area (Å²) in [5.74, 6) is 0.612. The standard InChI is InChI=1S/C48H27N5S/c1-2-12-28(13-3-1)45-34-17-7-10-20-38(34)51-48(52-45)53-39-23-22-29(26-36(39)30-24-25-49-27-40(30)53)46-44-42(33-16-6-9-19-37(33)50-46)31-14-4-5-15-32(31)43-35-18-8-11-21-41(35)54-47(43)44/h1-27H. The lowest BCUT2D eigenvalue weighted by atomic mass is 9.92. The van der Waals surface area contributed by atoms with Gasteiger partial charge in [0, 0.05) is 69.8 Å². The Labute approximate surface area is 312 Å². The van der Waals surface area contributed by atoms with Crippen molar-refractivity contribution in [3.05, 3.63) is 164 Å². The van der Waals surface area contributed by atoms with Gasteiger partial charge in [-0.3, -0.25) is 9.55 Å². The van der Waals surface area contributed by atoms with Gasteiger partial charge in [0.15, 0.2) is 0 Å². The van der Waals surface area contributed by atoms with E-state index < -0.39 is 0 Å². The second-order valence-electron chi connectivity index (χ2n) is 13.8. The third-order valence-corrected chi connectivity index (χ3v) is 12.0. The number of benzene rings is 7. The van der Waals surface area contributed by atoms with E-state index in [1.165, 1.54) is 47.1 Å². The molecule has 5 nitrogen and oxygen atoms in total. The molecule has 6 heteroatoms. The van der Waals surface area contributed by atoms with Gasteiger partial charge in [0.1, 0.15) is 0 Å². The molecule has 12 aromatic rings. The molecule has 0 unspecified atom stereocenters. The van der Waals surface area contributed by atoms with Crippen molar-refractivity contribution in [1.82, 2.24) is 24.5 Å². The maximum atomic E-state index is 5.49. The Morgan fingerprint density at radius 1 is 0.426 bits per heavy atom. The fourth-order valence-corrected chi connectivity index (χ4v) is 9.81. The summed E-state index contributed by atoms with van der Waals surface area (Å²) in [5.41, 5.74) is 7.83. The summed E-state index contributed by atoms with van der Waals surface area (Å²) in [7, 11) is 0. The maximum absolute atomic E-state index is 5.49. The van der Waals surface area contributed by atoms with Gasteiger partial charge in [0.05, 0.1) is 39.7 Å². The van der Waals surface area contributed by atoms with Crippen molar-refractivity contribution in [2.45, 2.75) is 0 Å². The fraction of sp³-hybridized carbons (Fsp3) is 0. The van der Waals surface area contributed by atoms with Crippen LogP contribution in [0.25, 0.3) is 114 Å². The van der Waals surface area contributed by atoms with Gasteiger partial charge in [-0.1, -0.05) is 115 Å². The van der Waals surface area contributed by atoms with Crippen LogP contribution in [-0.4, -0.2) is 24.5 Å². The van der Waals surface area contributed by atoms with Crippen molar-refractivity contribution in [2.24, 2.45) is 0 Å². The Morgan fingerprint density at radius 3 is 1.94 bits per heavy atom. The minimum absolute atomic E-state index is 0.612. The van der Waals surface area contributed by atoms with E-state index in [-0.39, 0.29) is 0 Å². The third-order valence-electron chi connectivity index (χ3n) is 10.9. The Balaban J connectivity index is 1.19. The molecule has 5 heterocycles. The predicted molar refractivity (Wildman–Crippen MR) is 226 cm³/mol. The number of hydrogen-bond acceptors (Lipinski definition) is 5. The van der Waals surface area contributed by atoms with E-state index in [0.29, 0.717) is 5.95 Å². The van der Waals surface area contributed by atoms with Gasteiger partial charge in [0.25, 0.3) is 0 Å². The molecule has 250 valence electrons. The van der Waals surface area contributed by atoms with Crippen LogP contribution in [0.4, 0.5) is 0 Å². The van der Waals surface area contributed by atoms with E-state index in [1.54, 1.807) is 0 Å². The third kappa shape index (κ3) is 4.14. The van der Waals surface area contributed by atoms with Gasteiger partial charge in [-0.2, -0.15) is 0 Å². The molecule has 54 heavy (non-hydrogen) atoms. The molecule has 0 saturated carbocycles. The SMILES string of the molecule is c1ccc(-c2nc(-n3c4ccc(-c5nc6ccccc6c6c7ccccc7c7c8ccccc8sc7c56)cc4c4ccncc43)nc3ccccc23)cc1. The largest absolute Gasteiger partial charge is 0.276 e. The molecule has 0 bridgehead atoms. The summed E-state index contributed by atoms with van der Waals surface area (Å²) in [6, 6.07) is 53.6. The molecule has 0 aliphatic carbocycles. The number of rotatable bonds is 3. The van der Waals surface area contributed by atoms with Gasteiger partial charge in [-0.15, -0.1) is 11.3 Å². The van der Waals surface area contributed by atoms with E-state index in [4.69, 9.17) is 15.0 Å². The minimum atomic E-state index is 0.612. The van der Waals surface area contributed by atoms with Crippen LogP contribution < -0.4 is 0 Å². The number of pyridine rings is 2. The van der Waals surface area contributed by atoms with Crippen molar-refractivity contribution in [3.63, 3.8) is 0 Å². The number of fused-ring (bicyclic) bond motifs is 14. The number of nitrogens with zero attached hydrogens (tertiary/aromatic N) is 5. The predicted octanol–water partition coefficient (Wildman–Crippen LogP) is 12.7. The van der Waals surface area contributed by atoms with Gasteiger partial charge in [-0.25, -0.2) is 15.0 Å². The van der Waals surface area contributed by atoms with Crippen LogP contribution in [0.1, 0.15) is 0 Å². The first-order valence-corrected chi connectivity index (χ1v) is 18.9. The molecule has 0 saturated heterocycles. The van der Waals surface area contributed by atoms with Gasteiger partial charge >= 0.3 is 0 Å². The molecule has 0 aliphatic heterocycles. The Kier molecular flexibility index (Phi) is 6.15. The first kappa shape index (κ1) is 29.5. The normalized spacial score (nSPS) is 12.1. The monoisotopic (exact) mass is 705 g/mol. The fourth-order valence-electron chi connectivity index (χ4n) is 8.54. The number of hydrogen-bond donors (Lipinski definition) is 0.